The van der Waals surface area contributed by atoms with Gasteiger partial charge in [-0.3, -0.25) is 9.59 Å². The van der Waals surface area contributed by atoms with Crippen molar-refractivity contribution in [3.63, 3.8) is 0 Å². The molecule has 0 aliphatic carbocycles. The van der Waals surface area contributed by atoms with Gasteiger partial charge >= 0.3 is 0 Å². The van der Waals surface area contributed by atoms with Crippen LogP contribution in [0.15, 0.2) is 41.4 Å². The second-order valence-corrected chi connectivity index (χ2v) is 7.89. The van der Waals surface area contributed by atoms with Crippen LogP contribution in [-0.4, -0.2) is 42.5 Å². The Morgan fingerprint density at radius 2 is 1.88 bits per heavy atom. The van der Waals surface area contributed by atoms with Gasteiger partial charge in [0.1, 0.15) is 5.69 Å². The summed E-state index contributed by atoms with van der Waals surface area (Å²) >= 11 is 0. The molecule has 1 aliphatic rings. The van der Waals surface area contributed by atoms with Crippen molar-refractivity contribution in [2.24, 2.45) is 0 Å². The summed E-state index contributed by atoms with van der Waals surface area (Å²) in [5.74, 6) is -0.586. The van der Waals surface area contributed by atoms with E-state index >= 15 is 0 Å². The number of nitrogens with one attached hydrogen (secondary N) is 2. The molecule has 1 aliphatic heterocycles. The lowest BCUT2D eigenvalue weighted by atomic mass is 10.2. The lowest BCUT2D eigenvalue weighted by Crippen LogP contribution is -2.27. The number of carbonyl (C=O) groups excluding carboxylic acids is 2. The number of hydrogen-bond acceptors (Lipinski definition) is 4. The Morgan fingerprint density at radius 3 is 2.52 bits per heavy atom. The van der Waals surface area contributed by atoms with Crippen molar-refractivity contribution in [3.05, 3.63) is 47.8 Å². The predicted octanol–water partition coefficient (Wildman–Crippen LogP) is 2.25. The summed E-state index contributed by atoms with van der Waals surface area (Å²) in [6.07, 6.45) is 3.19. The first kappa shape index (κ1) is 17.4. The molecule has 3 rings (SSSR count). The van der Waals surface area contributed by atoms with Gasteiger partial charge in [-0.25, -0.2) is 8.42 Å². The maximum absolute atomic E-state index is 12.6. The number of benzene rings is 1. The molecule has 0 radical (unpaired) electrons. The Hall–Kier alpha value is -2.45. The molecule has 132 valence electrons. The van der Waals surface area contributed by atoms with Crippen molar-refractivity contribution in [1.82, 2.24) is 9.29 Å². The summed E-state index contributed by atoms with van der Waals surface area (Å²) in [5.41, 5.74) is 1.03. The number of hydrogen-bond donors (Lipinski definition) is 2. The van der Waals surface area contributed by atoms with Crippen LogP contribution in [0.3, 0.4) is 0 Å². The highest BCUT2D eigenvalue weighted by molar-refractivity contribution is 7.89. The van der Waals surface area contributed by atoms with E-state index in [9.17, 15) is 18.0 Å². The largest absolute Gasteiger partial charge is 0.356 e. The molecule has 2 heterocycles. The second-order valence-electron chi connectivity index (χ2n) is 5.95. The minimum absolute atomic E-state index is 0.144. The summed E-state index contributed by atoms with van der Waals surface area (Å²) in [7, 11) is -3.54. The minimum Gasteiger partial charge on any atom is -0.356 e. The Labute approximate surface area is 146 Å². The highest BCUT2D eigenvalue weighted by Crippen LogP contribution is 2.23. The highest BCUT2D eigenvalue weighted by atomic mass is 32.2. The van der Waals surface area contributed by atoms with E-state index in [1.165, 1.54) is 35.6 Å². The Morgan fingerprint density at radius 1 is 1.16 bits per heavy atom. The van der Waals surface area contributed by atoms with Crippen LogP contribution < -0.4 is 5.32 Å². The first-order valence-electron chi connectivity index (χ1n) is 7.99. The number of amides is 1. The van der Waals surface area contributed by atoms with E-state index in [4.69, 9.17) is 0 Å². The molecule has 1 aromatic carbocycles. The molecule has 2 aromatic rings. The SMILES string of the molecule is CC(=O)c1c[nH]c(C(=O)Nc2cccc(S(=O)(=O)N3CCCC3)c2)c1. The van der Waals surface area contributed by atoms with Crippen LogP contribution in [0, 0.1) is 0 Å². The molecular formula is C17H19N3O4S. The molecular weight excluding hydrogens is 342 g/mol. The Bertz CT molecular complexity index is 911. The van der Waals surface area contributed by atoms with Crippen molar-refractivity contribution < 1.29 is 18.0 Å². The molecule has 0 unspecified atom stereocenters. The number of Topliss-reactive ketones (excluding diaryl/α,β-unsaturated/α-hetero) is 1. The quantitative estimate of drug-likeness (QED) is 0.798. The lowest BCUT2D eigenvalue weighted by Gasteiger charge is -2.16. The number of nitrogens with zero attached hydrogens (tertiary/aromatic N) is 1. The van der Waals surface area contributed by atoms with Crippen molar-refractivity contribution in [3.8, 4) is 0 Å². The number of anilines is 1. The zero-order valence-electron chi connectivity index (χ0n) is 13.8. The molecule has 7 nitrogen and oxygen atoms in total. The van der Waals surface area contributed by atoms with Gasteiger partial charge in [0.2, 0.25) is 10.0 Å². The van der Waals surface area contributed by atoms with Gasteiger partial charge < -0.3 is 10.3 Å². The van der Waals surface area contributed by atoms with Crippen molar-refractivity contribution in [1.29, 1.82) is 0 Å². The van der Waals surface area contributed by atoms with Crippen LogP contribution >= 0.6 is 0 Å². The average molecular weight is 361 g/mol. The van der Waals surface area contributed by atoms with E-state index in [0.717, 1.165) is 12.8 Å². The fraction of sp³-hybridized carbons (Fsp3) is 0.294. The van der Waals surface area contributed by atoms with Gasteiger partial charge in [-0.05, 0) is 44.0 Å². The molecule has 1 saturated heterocycles. The fourth-order valence-electron chi connectivity index (χ4n) is 2.74. The van der Waals surface area contributed by atoms with Gasteiger partial charge in [0.05, 0.1) is 4.90 Å². The standard InChI is InChI=1S/C17H19N3O4S/c1-12(21)13-9-16(18-11-13)17(22)19-14-5-4-6-15(10-14)25(23,24)20-7-2-3-8-20/h4-6,9-11,18H,2-3,7-8H2,1H3,(H,19,22). The molecule has 25 heavy (non-hydrogen) atoms. The third-order valence-electron chi connectivity index (χ3n) is 4.13. The van der Waals surface area contributed by atoms with Crippen molar-refractivity contribution in [2.75, 3.05) is 18.4 Å². The van der Waals surface area contributed by atoms with Gasteiger partial charge in [0.25, 0.3) is 5.91 Å². The van der Waals surface area contributed by atoms with Gasteiger partial charge in [0.15, 0.2) is 5.78 Å². The average Bonchev–Trinajstić information content (AvgIpc) is 3.27. The highest BCUT2D eigenvalue weighted by Gasteiger charge is 2.27. The Kier molecular flexibility index (Phi) is 4.73. The van der Waals surface area contributed by atoms with Crippen LogP contribution in [0.2, 0.25) is 0 Å². The fourth-order valence-corrected chi connectivity index (χ4v) is 4.30. The van der Waals surface area contributed by atoms with E-state index in [-0.39, 0.29) is 16.4 Å². The molecule has 0 bridgehead atoms. The van der Waals surface area contributed by atoms with E-state index in [0.29, 0.717) is 24.3 Å². The zero-order chi connectivity index (χ0) is 18.0. The maximum atomic E-state index is 12.6. The van der Waals surface area contributed by atoms with E-state index in [1.807, 2.05) is 0 Å². The number of aromatic nitrogens is 1. The number of rotatable bonds is 5. The van der Waals surface area contributed by atoms with Crippen molar-refractivity contribution >= 4 is 27.4 Å². The number of ketones is 1. The van der Waals surface area contributed by atoms with Crippen LogP contribution in [0.25, 0.3) is 0 Å². The topological polar surface area (TPSA) is 99.3 Å². The number of sulfonamides is 1. The molecule has 0 saturated carbocycles. The zero-order valence-corrected chi connectivity index (χ0v) is 14.6. The van der Waals surface area contributed by atoms with Crippen LogP contribution in [0.1, 0.15) is 40.6 Å². The van der Waals surface area contributed by atoms with E-state index in [2.05, 4.69) is 10.3 Å². The molecule has 1 aromatic heterocycles. The van der Waals surface area contributed by atoms with E-state index in [1.54, 1.807) is 12.1 Å². The normalized spacial score (nSPS) is 15.2. The first-order chi connectivity index (χ1) is 11.9. The minimum atomic E-state index is -3.54. The van der Waals surface area contributed by atoms with Gasteiger partial charge in [-0.2, -0.15) is 4.31 Å². The lowest BCUT2D eigenvalue weighted by molar-refractivity contribution is 0.101. The second kappa shape index (κ2) is 6.81. The smallest absolute Gasteiger partial charge is 0.272 e. The van der Waals surface area contributed by atoms with Gasteiger partial charge in [-0.15, -0.1) is 0 Å². The number of aromatic amines is 1. The first-order valence-corrected chi connectivity index (χ1v) is 9.43. The summed E-state index contributed by atoms with van der Waals surface area (Å²) in [5, 5.41) is 2.65. The summed E-state index contributed by atoms with van der Waals surface area (Å²) in [6.45, 7) is 2.46. The summed E-state index contributed by atoms with van der Waals surface area (Å²) in [4.78, 5) is 26.4. The van der Waals surface area contributed by atoms with Gasteiger partial charge in [0, 0.05) is 30.5 Å². The number of H-pyrrole nitrogens is 1. The Balaban J connectivity index is 1.79. The van der Waals surface area contributed by atoms with Crippen LogP contribution in [0.4, 0.5) is 5.69 Å². The maximum Gasteiger partial charge on any atom is 0.272 e. The third-order valence-corrected chi connectivity index (χ3v) is 6.02. The summed E-state index contributed by atoms with van der Waals surface area (Å²) in [6, 6.07) is 7.64. The molecule has 1 amide bonds. The van der Waals surface area contributed by atoms with Crippen LogP contribution in [-0.2, 0) is 10.0 Å². The molecule has 8 heteroatoms. The predicted molar refractivity (Wildman–Crippen MR) is 93.2 cm³/mol. The molecule has 0 atom stereocenters. The molecule has 0 spiro atoms. The van der Waals surface area contributed by atoms with Crippen molar-refractivity contribution in [2.45, 2.75) is 24.7 Å². The van der Waals surface area contributed by atoms with Crippen LogP contribution in [0.5, 0.6) is 0 Å². The summed E-state index contributed by atoms with van der Waals surface area (Å²) < 4.78 is 26.6. The van der Waals surface area contributed by atoms with E-state index < -0.39 is 15.9 Å². The third kappa shape index (κ3) is 3.64. The monoisotopic (exact) mass is 361 g/mol. The molecule has 2 N–H and O–H groups in total. The number of carbonyl (C=O) groups is 2. The molecule has 1 fully saturated rings. The van der Waals surface area contributed by atoms with Gasteiger partial charge in [-0.1, -0.05) is 6.07 Å².